The van der Waals surface area contributed by atoms with E-state index in [0.29, 0.717) is 10.7 Å². The van der Waals surface area contributed by atoms with Gasteiger partial charge in [0.25, 0.3) is 5.91 Å². The van der Waals surface area contributed by atoms with Gasteiger partial charge in [-0.15, -0.1) is 0 Å². The molecule has 102 valence electrons. The Morgan fingerprint density at radius 2 is 2.21 bits per heavy atom. The van der Waals surface area contributed by atoms with Crippen molar-refractivity contribution < 1.29 is 4.79 Å². The average Bonchev–Trinajstić information content (AvgIpc) is 3.01. The molecular weight excluding hydrogens is 280 g/mol. The highest BCUT2D eigenvalue weighted by Gasteiger charge is 2.18. The Kier molecular flexibility index (Phi) is 4.39. The van der Waals surface area contributed by atoms with Crippen molar-refractivity contribution in [1.82, 2.24) is 4.98 Å². The second-order valence-corrected chi connectivity index (χ2v) is 5.61. The van der Waals surface area contributed by atoms with Crippen LogP contribution in [0.15, 0.2) is 16.8 Å². The SMILES string of the molecule is CCN(CC)c1nc(N)c(C(=O)Nc2ccsc2)s1. The summed E-state index contributed by atoms with van der Waals surface area (Å²) in [6.07, 6.45) is 0. The molecular formula is C12H16N4OS2. The van der Waals surface area contributed by atoms with Crippen molar-refractivity contribution in [2.75, 3.05) is 29.0 Å². The molecule has 0 aliphatic carbocycles. The molecule has 3 N–H and O–H groups in total. The molecule has 0 saturated heterocycles. The van der Waals surface area contributed by atoms with Gasteiger partial charge in [0.2, 0.25) is 0 Å². The summed E-state index contributed by atoms with van der Waals surface area (Å²) in [6.45, 7) is 5.78. The van der Waals surface area contributed by atoms with Gasteiger partial charge in [-0.2, -0.15) is 11.3 Å². The fourth-order valence-corrected chi connectivity index (χ4v) is 3.23. The third-order valence-electron chi connectivity index (χ3n) is 2.66. The fraction of sp³-hybridized carbons (Fsp3) is 0.333. The lowest BCUT2D eigenvalue weighted by molar-refractivity contribution is 0.103. The predicted molar refractivity (Wildman–Crippen MR) is 82.4 cm³/mol. The Bertz CT molecular complexity index is 546. The maximum atomic E-state index is 12.1. The van der Waals surface area contributed by atoms with E-state index < -0.39 is 0 Å². The molecule has 0 saturated carbocycles. The van der Waals surface area contributed by atoms with Gasteiger partial charge in [0, 0.05) is 18.5 Å². The first-order chi connectivity index (χ1) is 9.15. The standard InChI is InChI=1S/C12H16N4OS2/c1-3-16(4-2)12-15-10(13)9(19-12)11(17)14-8-5-6-18-7-8/h5-7H,3-4,13H2,1-2H3,(H,14,17). The van der Waals surface area contributed by atoms with Crippen molar-refractivity contribution in [3.63, 3.8) is 0 Å². The van der Waals surface area contributed by atoms with Crippen LogP contribution in [0.25, 0.3) is 0 Å². The number of amides is 1. The van der Waals surface area contributed by atoms with Crippen molar-refractivity contribution in [1.29, 1.82) is 0 Å². The van der Waals surface area contributed by atoms with Crippen LogP contribution < -0.4 is 16.0 Å². The highest BCUT2D eigenvalue weighted by molar-refractivity contribution is 7.18. The molecule has 0 aliphatic heterocycles. The molecule has 5 nitrogen and oxygen atoms in total. The second kappa shape index (κ2) is 6.03. The quantitative estimate of drug-likeness (QED) is 0.890. The van der Waals surface area contributed by atoms with E-state index in [2.05, 4.69) is 15.2 Å². The molecule has 0 unspecified atom stereocenters. The van der Waals surface area contributed by atoms with Crippen LogP contribution in [-0.2, 0) is 0 Å². The normalized spacial score (nSPS) is 10.4. The van der Waals surface area contributed by atoms with E-state index in [0.717, 1.165) is 23.9 Å². The number of hydrogen-bond donors (Lipinski definition) is 2. The third-order valence-corrected chi connectivity index (χ3v) is 4.48. The number of thiazole rings is 1. The summed E-state index contributed by atoms with van der Waals surface area (Å²) in [5.74, 6) is 0.0893. The number of nitrogens with two attached hydrogens (primary N) is 1. The number of thiophene rings is 1. The van der Waals surface area contributed by atoms with E-state index in [1.165, 1.54) is 22.7 Å². The molecule has 2 aromatic heterocycles. The number of anilines is 3. The first-order valence-corrected chi connectivity index (χ1v) is 7.76. The summed E-state index contributed by atoms with van der Waals surface area (Å²) in [6, 6.07) is 1.85. The molecule has 2 rings (SSSR count). The second-order valence-electron chi connectivity index (χ2n) is 3.85. The number of aromatic nitrogens is 1. The van der Waals surface area contributed by atoms with Crippen LogP contribution in [0.4, 0.5) is 16.6 Å². The number of nitrogens with one attached hydrogen (secondary N) is 1. The summed E-state index contributed by atoms with van der Waals surface area (Å²) >= 11 is 2.86. The van der Waals surface area contributed by atoms with Crippen LogP contribution in [0.5, 0.6) is 0 Å². The minimum atomic E-state index is -0.202. The number of carbonyl (C=O) groups is 1. The van der Waals surface area contributed by atoms with Crippen molar-refractivity contribution in [3.8, 4) is 0 Å². The topological polar surface area (TPSA) is 71.2 Å². The Morgan fingerprint density at radius 3 is 2.79 bits per heavy atom. The number of rotatable bonds is 5. The number of nitrogen functional groups attached to an aromatic ring is 1. The van der Waals surface area contributed by atoms with E-state index in [-0.39, 0.29) is 5.91 Å². The van der Waals surface area contributed by atoms with Gasteiger partial charge in [0.15, 0.2) is 5.13 Å². The van der Waals surface area contributed by atoms with Gasteiger partial charge in [-0.25, -0.2) is 4.98 Å². The van der Waals surface area contributed by atoms with Gasteiger partial charge in [0.1, 0.15) is 10.7 Å². The molecule has 2 heterocycles. The van der Waals surface area contributed by atoms with Crippen LogP contribution in [0.1, 0.15) is 23.5 Å². The van der Waals surface area contributed by atoms with E-state index >= 15 is 0 Å². The van der Waals surface area contributed by atoms with Crippen molar-refractivity contribution in [3.05, 3.63) is 21.7 Å². The van der Waals surface area contributed by atoms with Crippen LogP contribution in [0, 0.1) is 0 Å². The van der Waals surface area contributed by atoms with Gasteiger partial charge in [-0.1, -0.05) is 11.3 Å². The molecule has 0 atom stereocenters. The first-order valence-electron chi connectivity index (χ1n) is 6.00. The third kappa shape index (κ3) is 3.05. The maximum absolute atomic E-state index is 12.1. The zero-order chi connectivity index (χ0) is 13.8. The number of hydrogen-bond acceptors (Lipinski definition) is 6. The van der Waals surface area contributed by atoms with Gasteiger partial charge in [0.05, 0.1) is 5.69 Å². The monoisotopic (exact) mass is 296 g/mol. The molecule has 0 aromatic carbocycles. The summed E-state index contributed by atoms with van der Waals surface area (Å²) in [7, 11) is 0. The Labute approximate surface area is 120 Å². The molecule has 0 aliphatic rings. The fourth-order valence-electron chi connectivity index (χ4n) is 1.64. The summed E-state index contributed by atoms with van der Waals surface area (Å²) < 4.78 is 0. The van der Waals surface area contributed by atoms with E-state index in [1.807, 2.05) is 30.7 Å². The van der Waals surface area contributed by atoms with Crippen molar-refractivity contribution in [2.24, 2.45) is 0 Å². The summed E-state index contributed by atoms with van der Waals surface area (Å²) in [5, 5.41) is 7.39. The Morgan fingerprint density at radius 1 is 1.47 bits per heavy atom. The Hall–Kier alpha value is -1.60. The molecule has 0 spiro atoms. The van der Waals surface area contributed by atoms with Crippen LogP contribution in [0.2, 0.25) is 0 Å². The lowest BCUT2D eigenvalue weighted by Crippen LogP contribution is -2.21. The van der Waals surface area contributed by atoms with Crippen LogP contribution in [0.3, 0.4) is 0 Å². The smallest absolute Gasteiger partial charge is 0.269 e. The minimum absolute atomic E-state index is 0.202. The van der Waals surface area contributed by atoms with E-state index in [9.17, 15) is 4.79 Å². The molecule has 0 bridgehead atoms. The molecule has 7 heteroatoms. The van der Waals surface area contributed by atoms with Crippen molar-refractivity contribution >= 4 is 45.2 Å². The zero-order valence-corrected chi connectivity index (χ0v) is 12.5. The van der Waals surface area contributed by atoms with Gasteiger partial charge < -0.3 is 16.0 Å². The van der Waals surface area contributed by atoms with Crippen molar-refractivity contribution in [2.45, 2.75) is 13.8 Å². The molecule has 2 aromatic rings. The Balaban J connectivity index is 2.18. The summed E-state index contributed by atoms with van der Waals surface area (Å²) in [5.41, 5.74) is 6.62. The van der Waals surface area contributed by atoms with Crippen LogP contribution in [-0.4, -0.2) is 24.0 Å². The zero-order valence-electron chi connectivity index (χ0n) is 10.8. The van der Waals surface area contributed by atoms with E-state index in [1.54, 1.807) is 0 Å². The van der Waals surface area contributed by atoms with Gasteiger partial charge in [-0.3, -0.25) is 4.79 Å². The highest BCUT2D eigenvalue weighted by Crippen LogP contribution is 2.28. The lowest BCUT2D eigenvalue weighted by Gasteiger charge is -2.16. The average molecular weight is 296 g/mol. The number of carbonyl (C=O) groups excluding carboxylic acids is 1. The first kappa shape index (κ1) is 13.8. The maximum Gasteiger partial charge on any atom is 0.269 e. The summed E-state index contributed by atoms with van der Waals surface area (Å²) in [4.78, 5) is 18.9. The molecule has 19 heavy (non-hydrogen) atoms. The minimum Gasteiger partial charge on any atom is -0.382 e. The predicted octanol–water partition coefficient (Wildman–Crippen LogP) is 2.89. The number of nitrogens with zero attached hydrogens (tertiary/aromatic N) is 2. The van der Waals surface area contributed by atoms with E-state index in [4.69, 9.17) is 5.73 Å². The molecule has 0 fully saturated rings. The van der Waals surface area contributed by atoms with Crippen LogP contribution >= 0.6 is 22.7 Å². The highest BCUT2D eigenvalue weighted by atomic mass is 32.1. The van der Waals surface area contributed by atoms with Gasteiger partial charge in [-0.05, 0) is 25.3 Å². The molecule has 1 amide bonds. The molecule has 0 radical (unpaired) electrons. The largest absolute Gasteiger partial charge is 0.382 e. The van der Waals surface area contributed by atoms with Gasteiger partial charge >= 0.3 is 0 Å². The lowest BCUT2D eigenvalue weighted by atomic mass is 10.4.